The van der Waals surface area contributed by atoms with Crippen LogP contribution in [0.2, 0.25) is 5.02 Å². The van der Waals surface area contributed by atoms with Crippen molar-refractivity contribution in [2.24, 2.45) is 5.73 Å². The van der Waals surface area contributed by atoms with Gasteiger partial charge in [0.1, 0.15) is 0 Å². The van der Waals surface area contributed by atoms with Crippen LogP contribution in [0.1, 0.15) is 21.5 Å². The maximum Gasteiger partial charge on any atom is 0.0944 e. The van der Waals surface area contributed by atoms with Gasteiger partial charge >= 0.3 is 0 Å². The molecule has 80 valence electrons. The lowest BCUT2D eigenvalue weighted by molar-refractivity contribution is 0.732. The van der Waals surface area contributed by atoms with Crippen LogP contribution < -0.4 is 5.73 Å². The highest BCUT2D eigenvalue weighted by Crippen LogP contribution is 2.32. The monoisotopic (exact) mass is 258 g/mol. The third-order valence-electron chi connectivity index (χ3n) is 2.14. The average molecular weight is 259 g/mol. The molecule has 0 aliphatic rings. The number of halogens is 1. The number of thiazole rings is 1. The van der Waals surface area contributed by atoms with E-state index in [4.69, 9.17) is 17.3 Å². The minimum Gasteiger partial charge on any atom is -0.323 e. The fourth-order valence-electron chi connectivity index (χ4n) is 1.33. The molecule has 1 unspecified atom stereocenters. The summed E-state index contributed by atoms with van der Waals surface area (Å²) >= 11 is 9.41. The zero-order valence-corrected chi connectivity index (χ0v) is 10.6. The van der Waals surface area contributed by atoms with Crippen LogP contribution in [0, 0.1) is 6.92 Å². The first kappa shape index (κ1) is 11.1. The maximum absolute atomic E-state index is 6.16. The summed E-state index contributed by atoms with van der Waals surface area (Å²) < 4.78 is 0. The number of aromatic nitrogens is 1. The quantitative estimate of drug-likeness (QED) is 0.916. The summed E-state index contributed by atoms with van der Waals surface area (Å²) in [5.41, 5.74) is 7.20. The molecule has 2 rings (SSSR count). The highest BCUT2D eigenvalue weighted by Gasteiger charge is 2.15. The van der Waals surface area contributed by atoms with Crippen LogP contribution in [0.25, 0.3) is 0 Å². The van der Waals surface area contributed by atoms with E-state index in [2.05, 4.69) is 4.98 Å². The summed E-state index contributed by atoms with van der Waals surface area (Å²) in [6, 6.07) is -0.0395. The molecule has 0 saturated heterocycles. The molecule has 1 atom stereocenters. The van der Waals surface area contributed by atoms with Crippen LogP contribution in [0.5, 0.6) is 0 Å². The SMILES string of the molecule is Cc1csc(C(N)Cc2nccs2)c1Cl. The van der Waals surface area contributed by atoms with Crippen LogP contribution in [-0.2, 0) is 6.42 Å². The van der Waals surface area contributed by atoms with E-state index >= 15 is 0 Å². The average Bonchev–Trinajstić information content (AvgIpc) is 2.79. The molecule has 2 N–H and O–H groups in total. The van der Waals surface area contributed by atoms with E-state index in [1.807, 2.05) is 17.7 Å². The van der Waals surface area contributed by atoms with Gasteiger partial charge in [-0.3, -0.25) is 0 Å². The number of thiophene rings is 1. The lowest BCUT2D eigenvalue weighted by Crippen LogP contribution is -2.12. The van der Waals surface area contributed by atoms with Gasteiger partial charge in [0.05, 0.1) is 10.0 Å². The molecule has 0 aliphatic heterocycles. The number of rotatable bonds is 3. The number of nitrogens with zero attached hydrogens (tertiary/aromatic N) is 1. The molecule has 2 aromatic rings. The predicted octanol–water partition coefficient (Wildman–Crippen LogP) is 3.41. The van der Waals surface area contributed by atoms with Gasteiger partial charge in [-0.05, 0) is 17.9 Å². The lowest BCUT2D eigenvalue weighted by Gasteiger charge is -2.08. The van der Waals surface area contributed by atoms with Gasteiger partial charge in [-0.2, -0.15) is 0 Å². The molecular weight excluding hydrogens is 248 g/mol. The van der Waals surface area contributed by atoms with E-state index in [0.717, 1.165) is 26.9 Å². The molecule has 0 bridgehead atoms. The first-order chi connectivity index (χ1) is 7.18. The van der Waals surface area contributed by atoms with Crippen molar-refractivity contribution < 1.29 is 0 Å². The van der Waals surface area contributed by atoms with Crippen molar-refractivity contribution in [3.63, 3.8) is 0 Å². The van der Waals surface area contributed by atoms with Gasteiger partial charge < -0.3 is 5.73 Å². The summed E-state index contributed by atoms with van der Waals surface area (Å²) in [6.45, 7) is 2.00. The Bertz CT molecular complexity index is 436. The van der Waals surface area contributed by atoms with Gasteiger partial charge in [-0.15, -0.1) is 22.7 Å². The van der Waals surface area contributed by atoms with Gasteiger partial charge in [0, 0.05) is 28.9 Å². The summed E-state index contributed by atoms with van der Waals surface area (Å²) in [6.07, 6.45) is 2.56. The normalized spacial score (nSPS) is 13.0. The molecular formula is C10H11ClN2S2. The van der Waals surface area contributed by atoms with Crippen molar-refractivity contribution in [3.8, 4) is 0 Å². The van der Waals surface area contributed by atoms with Gasteiger partial charge in [0.2, 0.25) is 0 Å². The van der Waals surface area contributed by atoms with E-state index in [-0.39, 0.29) is 6.04 Å². The molecule has 0 saturated carbocycles. The van der Waals surface area contributed by atoms with Crippen LogP contribution in [0.4, 0.5) is 0 Å². The highest BCUT2D eigenvalue weighted by atomic mass is 35.5. The number of nitrogens with two attached hydrogens (primary N) is 1. The molecule has 0 spiro atoms. The maximum atomic E-state index is 6.16. The van der Waals surface area contributed by atoms with Crippen LogP contribution in [0.3, 0.4) is 0 Å². The van der Waals surface area contributed by atoms with Crippen LogP contribution in [0.15, 0.2) is 17.0 Å². The minimum atomic E-state index is -0.0395. The molecule has 0 aromatic carbocycles. The molecule has 0 radical (unpaired) electrons. The Morgan fingerprint density at radius 3 is 2.87 bits per heavy atom. The second kappa shape index (κ2) is 4.61. The number of aryl methyl sites for hydroxylation is 1. The Kier molecular flexibility index (Phi) is 3.41. The summed E-state index contributed by atoms with van der Waals surface area (Å²) in [5.74, 6) is 0. The van der Waals surface area contributed by atoms with E-state index in [1.165, 1.54) is 0 Å². The fraction of sp³-hybridized carbons (Fsp3) is 0.300. The van der Waals surface area contributed by atoms with Crippen molar-refractivity contribution in [1.29, 1.82) is 0 Å². The third kappa shape index (κ3) is 2.39. The van der Waals surface area contributed by atoms with E-state index < -0.39 is 0 Å². The topological polar surface area (TPSA) is 38.9 Å². The standard InChI is InChI=1S/C10H11ClN2S2/c1-6-5-15-10(9(6)11)7(12)4-8-13-2-3-14-8/h2-3,5,7H,4,12H2,1H3. The van der Waals surface area contributed by atoms with Gasteiger partial charge in [0.15, 0.2) is 0 Å². The van der Waals surface area contributed by atoms with Crippen molar-refractivity contribution in [2.75, 3.05) is 0 Å². The molecule has 0 aliphatic carbocycles. The van der Waals surface area contributed by atoms with Gasteiger partial charge in [-0.1, -0.05) is 11.6 Å². The van der Waals surface area contributed by atoms with Crippen molar-refractivity contribution in [2.45, 2.75) is 19.4 Å². The van der Waals surface area contributed by atoms with Crippen LogP contribution in [-0.4, -0.2) is 4.98 Å². The zero-order valence-electron chi connectivity index (χ0n) is 8.24. The van der Waals surface area contributed by atoms with Crippen molar-refractivity contribution >= 4 is 34.3 Å². The first-order valence-electron chi connectivity index (χ1n) is 4.56. The molecule has 2 nitrogen and oxygen atoms in total. The molecule has 5 heteroatoms. The Morgan fingerprint density at radius 2 is 2.33 bits per heavy atom. The molecule has 2 aromatic heterocycles. The fourth-order valence-corrected chi connectivity index (χ4v) is 3.35. The van der Waals surface area contributed by atoms with Crippen LogP contribution >= 0.6 is 34.3 Å². The first-order valence-corrected chi connectivity index (χ1v) is 6.69. The Labute approximate surface area is 102 Å². The molecule has 0 fully saturated rings. The molecule has 0 amide bonds. The lowest BCUT2D eigenvalue weighted by atomic mass is 10.2. The summed E-state index contributed by atoms with van der Waals surface area (Å²) in [4.78, 5) is 5.28. The Hall–Kier alpha value is -0.420. The highest BCUT2D eigenvalue weighted by molar-refractivity contribution is 7.11. The summed E-state index contributed by atoms with van der Waals surface area (Å²) in [7, 11) is 0. The van der Waals surface area contributed by atoms with E-state index in [1.54, 1.807) is 28.9 Å². The Morgan fingerprint density at radius 1 is 1.53 bits per heavy atom. The third-order valence-corrected chi connectivity index (χ3v) is 4.79. The molecule has 15 heavy (non-hydrogen) atoms. The smallest absolute Gasteiger partial charge is 0.0944 e. The number of hydrogen-bond acceptors (Lipinski definition) is 4. The van der Waals surface area contributed by atoms with E-state index in [0.29, 0.717) is 0 Å². The zero-order chi connectivity index (χ0) is 10.8. The van der Waals surface area contributed by atoms with Gasteiger partial charge in [-0.25, -0.2) is 4.98 Å². The second-order valence-corrected chi connectivity index (χ2v) is 5.60. The summed E-state index contributed by atoms with van der Waals surface area (Å²) in [5, 5.41) is 5.87. The molecule has 2 heterocycles. The van der Waals surface area contributed by atoms with Crippen molar-refractivity contribution in [3.05, 3.63) is 37.4 Å². The van der Waals surface area contributed by atoms with Crippen molar-refractivity contribution in [1.82, 2.24) is 4.98 Å². The minimum absolute atomic E-state index is 0.0395. The van der Waals surface area contributed by atoms with Gasteiger partial charge in [0.25, 0.3) is 0 Å². The largest absolute Gasteiger partial charge is 0.323 e. The Balaban J connectivity index is 2.14. The number of hydrogen-bond donors (Lipinski definition) is 1. The second-order valence-electron chi connectivity index (χ2n) is 3.33. The predicted molar refractivity (Wildman–Crippen MR) is 66.8 cm³/mol. The van der Waals surface area contributed by atoms with E-state index in [9.17, 15) is 0 Å².